The number of rotatable bonds is 2. The molecule has 0 heterocycles. The summed E-state index contributed by atoms with van der Waals surface area (Å²) < 4.78 is 13.5. The molecule has 0 aromatic heterocycles. The SMILES string of the molecule is Fc1ccccc1-c1cccc(CCl)c1. The Morgan fingerprint density at radius 3 is 2.53 bits per heavy atom. The van der Waals surface area contributed by atoms with E-state index in [-0.39, 0.29) is 5.82 Å². The van der Waals surface area contributed by atoms with Gasteiger partial charge in [-0.15, -0.1) is 11.6 Å². The molecule has 0 atom stereocenters. The summed E-state index contributed by atoms with van der Waals surface area (Å²) in [5.74, 6) is 0.242. The van der Waals surface area contributed by atoms with Crippen LogP contribution >= 0.6 is 11.6 Å². The van der Waals surface area contributed by atoms with Crippen molar-refractivity contribution in [3.63, 3.8) is 0 Å². The number of hydrogen-bond acceptors (Lipinski definition) is 0. The monoisotopic (exact) mass is 220 g/mol. The molecule has 2 aromatic rings. The highest BCUT2D eigenvalue weighted by molar-refractivity contribution is 6.17. The van der Waals surface area contributed by atoms with Crippen LogP contribution in [0.3, 0.4) is 0 Å². The molecule has 0 saturated heterocycles. The van der Waals surface area contributed by atoms with E-state index in [4.69, 9.17) is 11.6 Å². The van der Waals surface area contributed by atoms with E-state index in [1.807, 2.05) is 30.3 Å². The van der Waals surface area contributed by atoms with Crippen molar-refractivity contribution < 1.29 is 4.39 Å². The van der Waals surface area contributed by atoms with Crippen molar-refractivity contribution >= 4 is 11.6 Å². The summed E-state index contributed by atoms with van der Waals surface area (Å²) in [7, 11) is 0. The van der Waals surface area contributed by atoms with E-state index in [0.29, 0.717) is 11.4 Å². The standard InChI is InChI=1S/C13H10ClF/c14-9-10-4-3-5-11(8-10)12-6-1-2-7-13(12)15/h1-8H,9H2. The Kier molecular flexibility index (Phi) is 3.02. The summed E-state index contributed by atoms with van der Waals surface area (Å²) >= 11 is 5.73. The molecule has 2 heteroatoms. The van der Waals surface area contributed by atoms with Crippen molar-refractivity contribution in [2.75, 3.05) is 0 Å². The van der Waals surface area contributed by atoms with Gasteiger partial charge < -0.3 is 0 Å². The zero-order chi connectivity index (χ0) is 10.7. The van der Waals surface area contributed by atoms with Gasteiger partial charge in [0.05, 0.1) is 0 Å². The van der Waals surface area contributed by atoms with E-state index < -0.39 is 0 Å². The maximum Gasteiger partial charge on any atom is 0.131 e. The van der Waals surface area contributed by atoms with Crippen molar-refractivity contribution in [2.24, 2.45) is 0 Å². The van der Waals surface area contributed by atoms with Crippen LogP contribution < -0.4 is 0 Å². The first kappa shape index (κ1) is 10.2. The maximum absolute atomic E-state index is 13.5. The Morgan fingerprint density at radius 2 is 1.80 bits per heavy atom. The van der Waals surface area contributed by atoms with Crippen LogP contribution in [0.5, 0.6) is 0 Å². The van der Waals surface area contributed by atoms with Crippen LogP contribution in [0.2, 0.25) is 0 Å². The second-order valence-electron chi connectivity index (χ2n) is 3.31. The predicted molar refractivity (Wildman–Crippen MR) is 61.4 cm³/mol. The summed E-state index contributed by atoms with van der Waals surface area (Å²) in [4.78, 5) is 0. The maximum atomic E-state index is 13.5. The summed E-state index contributed by atoms with van der Waals surface area (Å²) in [5, 5.41) is 0. The number of alkyl halides is 1. The van der Waals surface area contributed by atoms with Crippen LogP contribution in [0.1, 0.15) is 5.56 Å². The minimum atomic E-state index is -0.204. The molecule has 0 aliphatic carbocycles. The lowest BCUT2D eigenvalue weighted by Gasteiger charge is -2.04. The van der Waals surface area contributed by atoms with E-state index in [0.717, 1.165) is 11.1 Å². The average molecular weight is 221 g/mol. The molecule has 0 amide bonds. The van der Waals surface area contributed by atoms with Crippen LogP contribution in [-0.4, -0.2) is 0 Å². The van der Waals surface area contributed by atoms with E-state index in [1.54, 1.807) is 12.1 Å². The van der Waals surface area contributed by atoms with Gasteiger partial charge in [-0.25, -0.2) is 4.39 Å². The fourth-order valence-corrected chi connectivity index (χ4v) is 1.68. The van der Waals surface area contributed by atoms with Gasteiger partial charge in [0.15, 0.2) is 0 Å². The van der Waals surface area contributed by atoms with Crippen LogP contribution in [0.25, 0.3) is 11.1 Å². The number of benzene rings is 2. The zero-order valence-corrected chi connectivity index (χ0v) is 8.84. The molecule has 15 heavy (non-hydrogen) atoms. The van der Waals surface area contributed by atoms with Crippen LogP contribution in [0.15, 0.2) is 48.5 Å². The fourth-order valence-electron chi connectivity index (χ4n) is 1.52. The van der Waals surface area contributed by atoms with Crippen molar-refractivity contribution in [2.45, 2.75) is 5.88 Å². The molecule has 76 valence electrons. The van der Waals surface area contributed by atoms with Gasteiger partial charge in [-0.2, -0.15) is 0 Å². The fraction of sp³-hybridized carbons (Fsp3) is 0.0769. The van der Waals surface area contributed by atoms with Crippen LogP contribution in [-0.2, 0) is 5.88 Å². The van der Waals surface area contributed by atoms with Gasteiger partial charge in [-0.05, 0) is 23.3 Å². The molecule has 2 aromatic carbocycles. The molecule has 0 aliphatic rings. The molecule has 0 unspecified atom stereocenters. The van der Waals surface area contributed by atoms with Gasteiger partial charge in [0.2, 0.25) is 0 Å². The quantitative estimate of drug-likeness (QED) is 0.665. The lowest BCUT2D eigenvalue weighted by atomic mass is 10.0. The van der Waals surface area contributed by atoms with Gasteiger partial charge in [-0.1, -0.05) is 36.4 Å². The first-order valence-corrected chi connectivity index (χ1v) is 5.24. The third-order valence-electron chi connectivity index (χ3n) is 2.27. The smallest absolute Gasteiger partial charge is 0.131 e. The molecular weight excluding hydrogens is 211 g/mol. The van der Waals surface area contributed by atoms with Gasteiger partial charge >= 0.3 is 0 Å². The van der Waals surface area contributed by atoms with Gasteiger partial charge in [0, 0.05) is 11.4 Å². The Bertz CT molecular complexity index is 466. The van der Waals surface area contributed by atoms with Crippen LogP contribution in [0.4, 0.5) is 4.39 Å². The summed E-state index contributed by atoms with van der Waals surface area (Å²) in [5.41, 5.74) is 2.48. The molecule has 0 bridgehead atoms. The van der Waals surface area contributed by atoms with Gasteiger partial charge in [0.1, 0.15) is 5.82 Å². The molecule has 0 radical (unpaired) electrons. The van der Waals surface area contributed by atoms with E-state index in [2.05, 4.69) is 0 Å². The topological polar surface area (TPSA) is 0 Å². The number of hydrogen-bond donors (Lipinski definition) is 0. The second-order valence-corrected chi connectivity index (χ2v) is 3.58. The summed E-state index contributed by atoms with van der Waals surface area (Å²) in [6, 6.07) is 14.3. The molecular formula is C13H10ClF. The second kappa shape index (κ2) is 4.45. The highest BCUT2D eigenvalue weighted by Crippen LogP contribution is 2.23. The predicted octanol–water partition coefficient (Wildman–Crippen LogP) is 4.23. The molecule has 0 saturated carbocycles. The molecule has 0 spiro atoms. The first-order valence-electron chi connectivity index (χ1n) is 4.71. The normalized spacial score (nSPS) is 10.3. The third-order valence-corrected chi connectivity index (χ3v) is 2.57. The Balaban J connectivity index is 2.49. The molecule has 0 fully saturated rings. The Morgan fingerprint density at radius 1 is 1.00 bits per heavy atom. The third kappa shape index (κ3) is 2.18. The van der Waals surface area contributed by atoms with Crippen molar-refractivity contribution in [1.82, 2.24) is 0 Å². The Hall–Kier alpha value is -1.34. The van der Waals surface area contributed by atoms with Crippen molar-refractivity contribution in [3.05, 3.63) is 59.9 Å². The van der Waals surface area contributed by atoms with Gasteiger partial charge in [-0.3, -0.25) is 0 Å². The van der Waals surface area contributed by atoms with Gasteiger partial charge in [0.25, 0.3) is 0 Å². The highest BCUT2D eigenvalue weighted by atomic mass is 35.5. The van der Waals surface area contributed by atoms with E-state index in [1.165, 1.54) is 6.07 Å². The minimum absolute atomic E-state index is 0.204. The lowest BCUT2D eigenvalue weighted by Crippen LogP contribution is -1.85. The lowest BCUT2D eigenvalue weighted by molar-refractivity contribution is 0.631. The largest absolute Gasteiger partial charge is 0.206 e. The summed E-state index contributed by atoms with van der Waals surface area (Å²) in [6.07, 6.45) is 0. The minimum Gasteiger partial charge on any atom is -0.206 e. The molecule has 2 rings (SSSR count). The Labute approximate surface area is 93.3 Å². The van der Waals surface area contributed by atoms with Crippen LogP contribution in [0, 0.1) is 5.82 Å². The van der Waals surface area contributed by atoms with Crippen molar-refractivity contribution in [3.8, 4) is 11.1 Å². The first-order chi connectivity index (χ1) is 7.31. The van der Waals surface area contributed by atoms with Crippen molar-refractivity contribution in [1.29, 1.82) is 0 Å². The zero-order valence-electron chi connectivity index (χ0n) is 8.08. The van der Waals surface area contributed by atoms with E-state index in [9.17, 15) is 4.39 Å². The summed E-state index contributed by atoms with van der Waals surface area (Å²) in [6.45, 7) is 0. The average Bonchev–Trinajstić information content (AvgIpc) is 2.30. The molecule has 0 N–H and O–H groups in total. The molecule has 0 nitrogen and oxygen atoms in total. The van der Waals surface area contributed by atoms with E-state index >= 15 is 0 Å². The number of halogens is 2. The molecule has 0 aliphatic heterocycles. The highest BCUT2D eigenvalue weighted by Gasteiger charge is 2.03.